The highest BCUT2D eigenvalue weighted by Crippen LogP contribution is 2.16. The van der Waals surface area contributed by atoms with Crippen molar-refractivity contribution in [2.75, 3.05) is 17.2 Å². The predicted molar refractivity (Wildman–Crippen MR) is 85.6 cm³/mol. The third kappa shape index (κ3) is 3.71. The number of aromatic nitrogens is 4. The van der Waals surface area contributed by atoms with Crippen molar-refractivity contribution in [1.29, 1.82) is 0 Å². The molecule has 0 bridgehead atoms. The van der Waals surface area contributed by atoms with E-state index in [1.807, 2.05) is 31.6 Å². The number of aryl methyl sites for hydroxylation is 3. The Bertz CT molecular complexity index is 617. The lowest BCUT2D eigenvalue weighted by Crippen LogP contribution is -2.08. The lowest BCUT2D eigenvalue weighted by molar-refractivity contribution is 0.730. The molecule has 0 aliphatic rings. The maximum Gasteiger partial charge on any atom is 0.132 e. The molecule has 2 rings (SSSR count). The van der Waals surface area contributed by atoms with Crippen molar-refractivity contribution < 1.29 is 0 Å². The molecule has 0 unspecified atom stereocenters. The van der Waals surface area contributed by atoms with E-state index >= 15 is 0 Å². The molecule has 0 aromatic carbocycles. The minimum Gasteiger partial charge on any atom is -0.370 e. The zero-order valence-corrected chi connectivity index (χ0v) is 13.5. The van der Waals surface area contributed by atoms with Crippen LogP contribution in [0.1, 0.15) is 36.1 Å². The maximum absolute atomic E-state index is 4.43. The molecule has 2 N–H and O–H groups in total. The molecule has 0 radical (unpaired) electrons. The van der Waals surface area contributed by atoms with Gasteiger partial charge in [0.25, 0.3) is 0 Å². The smallest absolute Gasteiger partial charge is 0.132 e. The Morgan fingerprint density at radius 3 is 2.33 bits per heavy atom. The van der Waals surface area contributed by atoms with Crippen LogP contribution in [0.3, 0.4) is 0 Å². The van der Waals surface area contributed by atoms with E-state index in [9.17, 15) is 0 Å². The third-order valence-corrected chi connectivity index (χ3v) is 3.50. The van der Waals surface area contributed by atoms with Gasteiger partial charge in [0.1, 0.15) is 17.5 Å². The number of hydrogen-bond donors (Lipinski definition) is 2. The molecule has 0 aliphatic heterocycles. The summed E-state index contributed by atoms with van der Waals surface area (Å²) in [4.78, 5) is 8.82. The Morgan fingerprint density at radius 1 is 1.10 bits per heavy atom. The molecular formula is C15H24N6. The van der Waals surface area contributed by atoms with Crippen LogP contribution in [-0.2, 0) is 13.6 Å². The summed E-state index contributed by atoms with van der Waals surface area (Å²) in [6, 6.07) is 1.95. The van der Waals surface area contributed by atoms with Gasteiger partial charge in [0.15, 0.2) is 0 Å². The van der Waals surface area contributed by atoms with Crippen LogP contribution < -0.4 is 10.6 Å². The first-order chi connectivity index (χ1) is 10.0. The van der Waals surface area contributed by atoms with E-state index in [-0.39, 0.29) is 0 Å². The van der Waals surface area contributed by atoms with Crippen LogP contribution in [0.25, 0.3) is 0 Å². The molecule has 0 amide bonds. The number of nitrogens with one attached hydrogen (secondary N) is 2. The van der Waals surface area contributed by atoms with E-state index in [0.717, 1.165) is 42.7 Å². The standard InChI is InChI=1S/C15H24N6/c1-6-7-16-14-8-15(19-12(4)18-14)17-9-13-10(2)20-21(5)11(13)3/h8H,6-7,9H2,1-5H3,(H2,16,17,18,19). The predicted octanol–water partition coefficient (Wildman–Crippen LogP) is 2.57. The Morgan fingerprint density at radius 2 is 1.76 bits per heavy atom. The van der Waals surface area contributed by atoms with E-state index in [4.69, 9.17) is 0 Å². The largest absolute Gasteiger partial charge is 0.370 e. The van der Waals surface area contributed by atoms with Gasteiger partial charge < -0.3 is 10.6 Å². The number of rotatable bonds is 6. The van der Waals surface area contributed by atoms with Crippen molar-refractivity contribution in [2.24, 2.45) is 7.05 Å². The monoisotopic (exact) mass is 288 g/mol. The fourth-order valence-electron chi connectivity index (χ4n) is 2.25. The van der Waals surface area contributed by atoms with Gasteiger partial charge in [0.05, 0.1) is 5.69 Å². The van der Waals surface area contributed by atoms with Crippen LogP contribution in [-0.4, -0.2) is 26.3 Å². The number of hydrogen-bond acceptors (Lipinski definition) is 5. The zero-order chi connectivity index (χ0) is 15.4. The molecule has 0 spiro atoms. The van der Waals surface area contributed by atoms with Gasteiger partial charge >= 0.3 is 0 Å². The second kappa shape index (κ2) is 6.56. The first kappa shape index (κ1) is 15.3. The Balaban J connectivity index is 2.10. The van der Waals surface area contributed by atoms with Crippen molar-refractivity contribution in [3.05, 3.63) is 28.8 Å². The summed E-state index contributed by atoms with van der Waals surface area (Å²) in [5.41, 5.74) is 3.45. The molecule has 6 heteroatoms. The van der Waals surface area contributed by atoms with Gasteiger partial charge in [-0.3, -0.25) is 4.68 Å². The summed E-state index contributed by atoms with van der Waals surface area (Å²) < 4.78 is 1.91. The molecule has 0 fully saturated rings. The lowest BCUT2D eigenvalue weighted by Gasteiger charge is -2.10. The Labute approximate surface area is 126 Å². The van der Waals surface area contributed by atoms with Gasteiger partial charge in [-0.2, -0.15) is 5.10 Å². The molecule has 0 atom stereocenters. The van der Waals surface area contributed by atoms with Crippen LogP contribution in [0.4, 0.5) is 11.6 Å². The van der Waals surface area contributed by atoms with Crippen LogP contribution in [0, 0.1) is 20.8 Å². The second-order valence-electron chi connectivity index (χ2n) is 5.24. The molecule has 0 saturated heterocycles. The van der Waals surface area contributed by atoms with Gasteiger partial charge in [-0.1, -0.05) is 6.92 Å². The van der Waals surface area contributed by atoms with E-state index in [2.05, 4.69) is 39.5 Å². The van der Waals surface area contributed by atoms with E-state index < -0.39 is 0 Å². The molecule has 0 saturated carbocycles. The van der Waals surface area contributed by atoms with Crippen molar-refractivity contribution in [1.82, 2.24) is 19.7 Å². The van der Waals surface area contributed by atoms with Gasteiger partial charge in [-0.25, -0.2) is 9.97 Å². The van der Waals surface area contributed by atoms with Crippen LogP contribution in [0.5, 0.6) is 0 Å². The van der Waals surface area contributed by atoms with E-state index in [0.29, 0.717) is 0 Å². The highest BCUT2D eigenvalue weighted by molar-refractivity contribution is 5.48. The molecular weight excluding hydrogens is 264 g/mol. The van der Waals surface area contributed by atoms with Crippen LogP contribution in [0.15, 0.2) is 6.07 Å². The fraction of sp³-hybridized carbons (Fsp3) is 0.533. The number of nitrogens with zero attached hydrogens (tertiary/aromatic N) is 4. The van der Waals surface area contributed by atoms with E-state index in [1.54, 1.807) is 0 Å². The summed E-state index contributed by atoms with van der Waals surface area (Å²) in [7, 11) is 1.97. The van der Waals surface area contributed by atoms with Crippen LogP contribution >= 0.6 is 0 Å². The minimum atomic E-state index is 0.717. The second-order valence-corrected chi connectivity index (χ2v) is 5.24. The van der Waals surface area contributed by atoms with Crippen molar-refractivity contribution in [2.45, 2.75) is 40.7 Å². The van der Waals surface area contributed by atoms with Gasteiger partial charge in [-0.05, 0) is 27.2 Å². The molecule has 2 aromatic rings. The average Bonchev–Trinajstić information content (AvgIpc) is 2.67. The SMILES string of the molecule is CCCNc1cc(NCc2c(C)nn(C)c2C)nc(C)n1. The van der Waals surface area contributed by atoms with Crippen molar-refractivity contribution in [3.8, 4) is 0 Å². The van der Waals surface area contributed by atoms with Crippen LogP contribution in [0.2, 0.25) is 0 Å². The summed E-state index contributed by atoms with van der Waals surface area (Å²) in [5, 5.41) is 11.1. The summed E-state index contributed by atoms with van der Waals surface area (Å²) >= 11 is 0. The molecule has 6 nitrogen and oxygen atoms in total. The average molecular weight is 288 g/mol. The van der Waals surface area contributed by atoms with Gasteiger partial charge in [0.2, 0.25) is 0 Å². The molecule has 0 aliphatic carbocycles. The summed E-state index contributed by atoms with van der Waals surface area (Å²) in [6.45, 7) is 9.78. The maximum atomic E-state index is 4.43. The summed E-state index contributed by atoms with van der Waals surface area (Å²) in [6.07, 6.45) is 1.07. The zero-order valence-electron chi connectivity index (χ0n) is 13.5. The number of anilines is 2. The highest BCUT2D eigenvalue weighted by Gasteiger charge is 2.09. The molecule has 2 aromatic heterocycles. The molecule has 21 heavy (non-hydrogen) atoms. The topological polar surface area (TPSA) is 67.7 Å². The Kier molecular flexibility index (Phi) is 4.77. The van der Waals surface area contributed by atoms with Gasteiger partial charge in [-0.15, -0.1) is 0 Å². The molecule has 114 valence electrons. The normalized spacial score (nSPS) is 10.7. The molecule has 2 heterocycles. The van der Waals surface area contributed by atoms with E-state index in [1.165, 1.54) is 11.3 Å². The summed E-state index contributed by atoms with van der Waals surface area (Å²) in [5.74, 6) is 2.47. The Hall–Kier alpha value is -2.11. The first-order valence-corrected chi connectivity index (χ1v) is 7.33. The van der Waals surface area contributed by atoms with Crippen molar-refractivity contribution >= 4 is 11.6 Å². The highest BCUT2D eigenvalue weighted by atomic mass is 15.3. The minimum absolute atomic E-state index is 0.717. The van der Waals surface area contributed by atoms with Crippen molar-refractivity contribution in [3.63, 3.8) is 0 Å². The first-order valence-electron chi connectivity index (χ1n) is 7.33. The quantitative estimate of drug-likeness (QED) is 0.855. The lowest BCUT2D eigenvalue weighted by atomic mass is 10.2. The third-order valence-electron chi connectivity index (χ3n) is 3.50. The van der Waals surface area contributed by atoms with Gasteiger partial charge in [0, 0.05) is 37.5 Å². The fourth-order valence-corrected chi connectivity index (χ4v) is 2.25.